The van der Waals surface area contributed by atoms with E-state index in [0.717, 1.165) is 12.8 Å². The molecule has 1 heterocycles. The van der Waals surface area contributed by atoms with Crippen molar-refractivity contribution in [2.75, 3.05) is 28.7 Å². The quantitative estimate of drug-likeness (QED) is 0.548. The number of ether oxygens (including phenoxy) is 1. The summed E-state index contributed by atoms with van der Waals surface area (Å²) in [5, 5.41) is 6.14. The number of anilines is 3. The maximum absolute atomic E-state index is 12.5. The number of rotatable bonds is 6. The smallest absolute Gasteiger partial charge is 0.323 e. The summed E-state index contributed by atoms with van der Waals surface area (Å²) in [7, 11) is 0. The third-order valence-electron chi connectivity index (χ3n) is 4.95. The third-order valence-corrected chi connectivity index (χ3v) is 5.20. The second kappa shape index (κ2) is 9.53. The number of amides is 3. The Kier molecular flexibility index (Phi) is 6.38. The molecule has 3 aromatic rings. The van der Waals surface area contributed by atoms with Gasteiger partial charge in [-0.3, -0.25) is 4.79 Å². The molecule has 0 aromatic heterocycles. The van der Waals surface area contributed by atoms with E-state index in [9.17, 15) is 9.59 Å². The number of benzene rings is 3. The van der Waals surface area contributed by atoms with Crippen LogP contribution in [0.3, 0.4) is 0 Å². The Morgan fingerprint density at radius 3 is 2.45 bits per heavy atom. The van der Waals surface area contributed by atoms with Gasteiger partial charge in [-0.1, -0.05) is 41.9 Å². The van der Waals surface area contributed by atoms with E-state index >= 15 is 0 Å². The van der Waals surface area contributed by atoms with Crippen LogP contribution in [0.2, 0.25) is 5.02 Å². The summed E-state index contributed by atoms with van der Waals surface area (Å²) < 4.78 is 5.57. The zero-order valence-corrected chi connectivity index (χ0v) is 17.6. The molecule has 0 bridgehead atoms. The first kappa shape index (κ1) is 20.8. The van der Waals surface area contributed by atoms with Crippen molar-refractivity contribution in [2.45, 2.75) is 12.8 Å². The van der Waals surface area contributed by atoms with Gasteiger partial charge < -0.3 is 20.3 Å². The molecule has 0 aliphatic carbocycles. The number of hydrogen-bond acceptors (Lipinski definition) is 3. The van der Waals surface area contributed by atoms with Crippen molar-refractivity contribution in [1.82, 2.24) is 0 Å². The van der Waals surface area contributed by atoms with Gasteiger partial charge in [0.15, 0.2) is 6.61 Å². The van der Waals surface area contributed by atoms with E-state index in [1.165, 1.54) is 5.56 Å². The maximum Gasteiger partial charge on any atom is 0.323 e. The van der Waals surface area contributed by atoms with Gasteiger partial charge >= 0.3 is 6.03 Å². The Bertz CT molecular complexity index is 1070. The normalized spacial score (nSPS) is 12.7. The molecule has 0 saturated heterocycles. The maximum atomic E-state index is 12.5. The van der Waals surface area contributed by atoms with Crippen molar-refractivity contribution < 1.29 is 14.3 Å². The highest BCUT2D eigenvalue weighted by Gasteiger charge is 2.25. The standard InChI is InChI=1S/C24H22ClN3O3/c25-18-8-10-19(11-9-18)26-24(30)27-20-12-13-22-21(15-20)28(23(29)16-31-22)14-4-7-17-5-2-1-3-6-17/h1-3,5-6,8-13,15H,4,7,14,16H2,(H2,26,27,30). The third kappa shape index (κ3) is 5.35. The van der Waals surface area contributed by atoms with Gasteiger partial charge in [-0.25, -0.2) is 4.79 Å². The first-order valence-electron chi connectivity index (χ1n) is 10.0. The summed E-state index contributed by atoms with van der Waals surface area (Å²) in [4.78, 5) is 26.6. The molecule has 1 aliphatic heterocycles. The Hall–Kier alpha value is -3.51. The molecule has 4 rings (SSSR count). The molecule has 0 unspecified atom stereocenters. The molecule has 7 heteroatoms. The minimum absolute atomic E-state index is 0.0160. The van der Waals surface area contributed by atoms with Crippen LogP contribution in [0.15, 0.2) is 72.8 Å². The molecule has 1 aliphatic rings. The summed E-state index contributed by atoms with van der Waals surface area (Å²) in [5.41, 5.74) is 3.09. The minimum atomic E-state index is -0.388. The fourth-order valence-corrected chi connectivity index (χ4v) is 3.56. The summed E-state index contributed by atoms with van der Waals surface area (Å²) in [5.74, 6) is 0.534. The Balaban J connectivity index is 1.43. The number of carbonyl (C=O) groups excluding carboxylic acids is 2. The summed E-state index contributed by atoms with van der Waals surface area (Å²) in [6, 6.07) is 21.9. The van der Waals surface area contributed by atoms with E-state index in [1.807, 2.05) is 18.2 Å². The van der Waals surface area contributed by atoms with Crippen molar-refractivity contribution >= 4 is 40.6 Å². The van der Waals surface area contributed by atoms with Gasteiger partial charge in [0.1, 0.15) is 5.75 Å². The lowest BCUT2D eigenvalue weighted by Crippen LogP contribution is -2.39. The predicted molar refractivity (Wildman–Crippen MR) is 123 cm³/mol. The Morgan fingerprint density at radius 1 is 0.968 bits per heavy atom. The van der Waals surface area contributed by atoms with E-state index in [1.54, 1.807) is 47.4 Å². The first-order chi connectivity index (χ1) is 15.1. The van der Waals surface area contributed by atoms with Gasteiger partial charge in [0.2, 0.25) is 0 Å². The zero-order chi connectivity index (χ0) is 21.6. The lowest BCUT2D eigenvalue weighted by molar-refractivity contribution is -0.121. The van der Waals surface area contributed by atoms with E-state index < -0.39 is 0 Å². The lowest BCUT2D eigenvalue weighted by Gasteiger charge is -2.30. The van der Waals surface area contributed by atoms with Gasteiger partial charge in [0.25, 0.3) is 5.91 Å². The molecule has 2 N–H and O–H groups in total. The lowest BCUT2D eigenvalue weighted by atomic mass is 10.1. The highest BCUT2D eigenvalue weighted by molar-refractivity contribution is 6.30. The average Bonchev–Trinajstić information content (AvgIpc) is 2.77. The topological polar surface area (TPSA) is 70.7 Å². The molecule has 0 fully saturated rings. The fourth-order valence-electron chi connectivity index (χ4n) is 3.44. The summed E-state index contributed by atoms with van der Waals surface area (Å²) in [6.07, 6.45) is 1.70. The van der Waals surface area contributed by atoms with Gasteiger partial charge in [-0.2, -0.15) is 0 Å². The van der Waals surface area contributed by atoms with Crippen LogP contribution in [0.5, 0.6) is 5.75 Å². The molecular weight excluding hydrogens is 414 g/mol. The Morgan fingerprint density at radius 2 is 1.68 bits per heavy atom. The molecule has 0 radical (unpaired) electrons. The van der Waals surface area contributed by atoms with Gasteiger partial charge in [0, 0.05) is 22.9 Å². The average molecular weight is 436 g/mol. The molecule has 0 saturated carbocycles. The van der Waals surface area contributed by atoms with Crippen LogP contribution in [0, 0.1) is 0 Å². The second-order valence-corrected chi connectivity index (χ2v) is 7.63. The summed E-state index contributed by atoms with van der Waals surface area (Å²) in [6.45, 7) is 0.590. The molecule has 3 aromatic carbocycles. The number of aryl methyl sites for hydroxylation is 1. The van der Waals surface area contributed by atoms with Crippen molar-refractivity contribution in [1.29, 1.82) is 0 Å². The number of hydrogen-bond donors (Lipinski definition) is 2. The van der Waals surface area contributed by atoms with Gasteiger partial charge in [0.05, 0.1) is 5.69 Å². The Labute approximate surface area is 185 Å². The highest BCUT2D eigenvalue weighted by Crippen LogP contribution is 2.35. The molecule has 31 heavy (non-hydrogen) atoms. The molecular formula is C24H22ClN3O3. The predicted octanol–water partition coefficient (Wildman–Crippen LogP) is 5.34. The van der Waals surface area contributed by atoms with Crippen molar-refractivity contribution in [2.24, 2.45) is 0 Å². The van der Waals surface area contributed by atoms with E-state index in [4.69, 9.17) is 16.3 Å². The van der Waals surface area contributed by atoms with Gasteiger partial charge in [-0.05, 0) is 60.9 Å². The van der Waals surface area contributed by atoms with Crippen LogP contribution >= 0.6 is 11.6 Å². The van der Waals surface area contributed by atoms with E-state index in [-0.39, 0.29) is 18.5 Å². The van der Waals surface area contributed by atoms with Crippen molar-refractivity contribution in [3.63, 3.8) is 0 Å². The SMILES string of the molecule is O=C(Nc1ccc(Cl)cc1)Nc1ccc2c(c1)N(CCCc1ccccc1)C(=O)CO2. The largest absolute Gasteiger partial charge is 0.482 e. The number of halogens is 1. The van der Waals surface area contributed by atoms with Gasteiger partial charge in [-0.15, -0.1) is 0 Å². The van der Waals surface area contributed by atoms with Crippen LogP contribution < -0.4 is 20.3 Å². The molecule has 6 nitrogen and oxygen atoms in total. The van der Waals surface area contributed by atoms with Crippen LogP contribution in [0.1, 0.15) is 12.0 Å². The molecule has 3 amide bonds. The first-order valence-corrected chi connectivity index (χ1v) is 10.4. The number of urea groups is 1. The number of fused-ring (bicyclic) bond motifs is 1. The van der Waals surface area contributed by atoms with E-state index in [2.05, 4.69) is 22.8 Å². The van der Waals surface area contributed by atoms with Crippen molar-refractivity contribution in [3.8, 4) is 5.75 Å². The number of nitrogens with zero attached hydrogens (tertiary/aromatic N) is 1. The number of nitrogens with one attached hydrogen (secondary N) is 2. The fraction of sp³-hybridized carbons (Fsp3) is 0.167. The molecule has 0 atom stereocenters. The van der Waals surface area contributed by atoms with Crippen LogP contribution in [-0.2, 0) is 11.2 Å². The second-order valence-electron chi connectivity index (χ2n) is 7.19. The van der Waals surface area contributed by atoms with Crippen LogP contribution in [0.25, 0.3) is 0 Å². The zero-order valence-electron chi connectivity index (χ0n) is 16.8. The van der Waals surface area contributed by atoms with Crippen LogP contribution in [0.4, 0.5) is 21.9 Å². The minimum Gasteiger partial charge on any atom is -0.482 e. The van der Waals surface area contributed by atoms with E-state index in [0.29, 0.717) is 34.4 Å². The molecule has 158 valence electrons. The summed E-state index contributed by atoms with van der Waals surface area (Å²) >= 11 is 5.87. The van der Waals surface area contributed by atoms with Crippen molar-refractivity contribution in [3.05, 3.63) is 83.4 Å². The highest BCUT2D eigenvalue weighted by atomic mass is 35.5. The molecule has 0 spiro atoms. The van der Waals surface area contributed by atoms with Crippen LogP contribution in [-0.4, -0.2) is 25.1 Å². The monoisotopic (exact) mass is 435 g/mol. The number of carbonyl (C=O) groups is 2.